The fraction of sp³-hybridized carbons (Fsp3) is 0.700. The van der Waals surface area contributed by atoms with Crippen molar-refractivity contribution in [2.45, 2.75) is 346 Å². The lowest BCUT2D eigenvalue weighted by Gasteiger charge is -2.49. The van der Waals surface area contributed by atoms with Gasteiger partial charge in [-0.15, -0.1) is 0 Å². The fourth-order valence-corrected chi connectivity index (χ4v) is 24.0. The molecule has 0 heterocycles. The van der Waals surface area contributed by atoms with Crippen LogP contribution < -0.4 is 10.6 Å². The zero-order valence-corrected chi connectivity index (χ0v) is 74.3. The molecule has 2 aromatic rings. The predicted octanol–water partition coefficient (Wildman–Crippen LogP) is 23.5. The standard InChI is InChI=1S/C33H48F6O4.C33H51O3PSi2.C24H36F6O3/c1-21-23(19-24(40)20-26(21)41)11-10-22-9-6-17-30(5)25(22)12-13-27(30)29(4,15-7-14-28(2,3)42)16-8-18-31(43,32(34,35)36)33(37,38)39;1-26-27(22-23-37(34,29-18-14-12-15-19-29)30-20-16-13-17-21-30)24-28(35-38(8,9)32(2,3)4)25-31(26)36-39(10,11)33(5,6)7;1-19(2,32)11-6-12-20(3,13-7-15-22(33,23(25,26)27)24(28,29)30)18-10-9-16-17(31)8-5-14-21(16,18)4/h8,10-11,18,24-27,40-43H,1,6-7,9,12-17,19-20H2,2-5H3;12-22,28,31H,1,23-25H2,2-11H3;7,15-16,18,32-33H,5-6,8-14H2,1-4H3/b18-8+,22-10+,23-11-;27-22-;15-7+/t24-,25?,26+,27-,29?,30+;28-,31+;16?,18-,20?,21+/m111/s1. The molecule has 115 heavy (non-hydrogen) atoms. The van der Waals surface area contributed by atoms with E-state index in [9.17, 15) is 92.7 Å². The summed E-state index contributed by atoms with van der Waals surface area (Å²) in [5.41, 5.74) is -9.01. The molecule has 0 saturated heterocycles. The molecule has 4 unspecified atom stereocenters. The summed E-state index contributed by atoms with van der Waals surface area (Å²) in [6.45, 7) is 46.1. The van der Waals surface area contributed by atoms with Crippen molar-refractivity contribution in [2.24, 2.45) is 45.3 Å². The van der Waals surface area contributed by atoms with Crippen molar-refractivity contribution in [1.82, 2.24) is 0 Å². The van der Waals surface area contributed by atoms with E-state index >= 15 is 0 Å². The van der Waals surface area contributed by atoms with Gasteiger partial charge in [0.15, 0.2) is 16.6 Å². The molecular formula is C90H135F12O10PSi2. The maximum Gasteiger partial charge on any atom is 0.429 e. The highest BCUT2D eigenvalue weighted by atomic mass is 31.2. The highest BCUT2D eigenvalue weighted by molar-refractivity contribution is 7.78. The van der Waals surface area contributed by atoms with E-state index in [0.29, 0.717) is 75.9 Å². The number of aliphatic hydroxyl groups excluding tert-OH is 2. The first-order valence-corrected chi connectivity index (χ1v) is 48.8. The Morgan fingerprint density at radius 3 is 1.36 bits per heavy atom. The third-order valence-corrected chi connectivity index (χ3v) is 39.6. The number of aliphatic hydroxyl groups is 6. The molecule has 25 heteroatoms. The zero-order chi connectivity index (χ0) is 87.4. The average Bonchev–Trinajstić information content (AvgIpc) is 1.59. The summed E-state index contributed by atoms with van der Waals surface area (Å²) in [5.74, 6) is 0.108. The second kappa shape index (κ2) is 36.8. The van der Waals surface area contributed by atoms with Gasteiger partial charge < -0.3 is 44.1 Å². The van der Waals surface area contributed by atoms with E-state index in [0.717, 1.165) is 97.3 Å². The van der Waals surface area contributed by atoms with Gasteiger partial charge in [-0.3, -0.25) is 4.79 Å². The van der Waals surface area contributed by atoms with E-state index in [1.807, 2.05) is 93.6 Å². The molecule has 0 bridgehead atoms. The first-order valence-electron chi connectivity index (χ1n) is 41.1. The van der Waals surface area contributed by atoms with Crippen molar-refractivity contribution >= 4 is 40.2 Å². The van der Waals surface area contributed by atoms with E-state index in [4.69, 9.17) is 8.85 Å². The third-order valence-electron chi connectivity index (χ3n) is 27.6. The van der Waals surface area contributed by atoms with E-state index in [2.05, 4.69) is 93.9 Å². The minimum atomic E-state index is -5.92. The summed E-state index contributed by atoms with van der Waals surface area (Å²) in [4.78, 5) is 12.5. The number of allylic oxidation sites excluding steroid dienone is 6. The second-order valence-electron chi connectivity index (χ2n) is 39.6. The number of carbonyl (C=O) groups is 1. The van der Waals surface area contributed by atoms with Crippen LogP contribution in [0.4, 0.5) is 52.7 Å². The molecule has 0 amide bonds. The minimum absolute atomic E-state index is 0.0223. The maximum absolute atomic E-state index is 14.7. The van der Waals surface area contributed by atoms with Gasteiger partial charge in [0.2, 0.25) is 0 Å². The van der Waals surface area contributed by atoms with Gasteiger partial charge >= 0.3 is 24.7 Å². The number of halogens is 12. The molecule has 6 aliphatic carbocycles. The Hall–Kier alpha value is -4.21. The second-order valence-corrected chi connectivity index (χ2v) is 52.0. The molecule has 8 rings (SSSR count). The number of rotatable bonds is 25. The molecular weight excluding hydrogens is 1560 g/mol. The van der Waals surface area contributed by atoms with Crippen molar-refractivity contribution in [2.75, 3.05) is 6.16 Å². The first-order chi connectivity index (χ1) is 52.2. The van der Waals surface area contributed by atoms with E-state index < -0.39 is 93.9 Å². The van der Waals surface area contributed by atoms with Crippen LogP contribution in [0, 0.1) is 45.3 Å². The van der Waals surface area contributed by atoms with E-state index in [-0.39, 0.29) is 94.0 Å². The molecule has 10 nitrogen and oxygen atoms in total. The predicted molar refractivity (Wildman–Crippen MR) is 441 cm³/mol. The fourth-order valence-electron chi connectivity index (χ4n) is 18.8. The van der Waals surface area contributed by atoms with Crippen molar-refractivity contribution in [3.63, 3.8) is 0 Å². The molecule has 0 radical (unpaired) electrons. The molecule has 6 aliphatic rings. The maximum atomic E-state index is 14.7. The first kappa shape index (κ1) is 99.6. The largest absolute Gasteiger partial charge is 0.429 e. The summed E-state index contributed by atoms with van der Waals surface area (Å²) in [6, 6.07) is 19.8. The highest BCUT2D eigenvalue weighted by Gasteiger charge is 2.70. The van der Waals surface area contributed by atoms with Crippen LogP contribution in [0.15, 0.2) is 144 Å². The summed E-state index contributed by atoms with van der Waals surface area (Å²) in [5, 5.41) is 61.9. The molecule has 0 aromatic heterocycles. The SMILES string of the molecule is C=C1/C(=C\C=C2/CCC[C@@]3(C)C2CC[C@@H]3C(C)(C/C=C/C(O)(C(F)(F)F)C(F)(F)F)CCCC(C)(C)O)C[C@@H](O)C[C@@H]1O.C=C1/C(=C\CP(=O)(c2ccccc2)c2ccccc2)C[C@@H](O[Si](C)(C)C(C)(C)C)C[C@@H]1O[Si](C)(C)C(C)(C)C.CC(C)(O)CCCC(C)(C/C=C/C(O)(C(F)(F)F)C(F)(F)F)[C@H]1CCC2C(=O)CCC[C@@]21C. The van der Waals surface area contributed by atoms with Crippen LogP contribution >= 0.6 is 7.14 Å². The van der Waals surface area contributed by atoms with Crippen LogP contribution in [-0.4, -0.2) is 131 Å². The van der Waals surface area contributed by atoms with Crippen molar-refractivity contribution < 1.29 is 102 Å². The van der Waals surface area contributed by atoms with Crippen LogP contribution in [0.5, 0.6) is 0 Å². The van der Waals surface area contributed by atoms with Gasteiger partial charge in [0, 0.05) is 42.0 Å². The molecule has 652 valence electrons. The lowest BCUT2D eigenvalue weighted by Crippen LogP contribution is -2.55. The van der Waals surface area contributed by atoms with Gasteiger partial charge in [0.05, 0.1) is 35.6 Å². The minimum Gasteiger partial charge on any atom is -0.413 e. The van der Waals surface area contributed by atoms with Crippen molar-refractivity contribution in [3.05, 3.63) is 144 Å². The van der Waals surface area contributed by atoms with Gasteiger partial charge in [0.25, 0.3) is 11.2 Å². The number of alkyl halides is 12. The number of carbonyl (C=O) groups excluding carboxylic acids is 1. The molecule has 0 spiro atoms. The molecule has 6 fully saturated rings. The summed E-state index contributed by atoms with van der Waals surface area (Å²) >= 11 is 0. The summed E-state index contributed by atoms with van der Waals surface area (Å²) in [6.07, 6.45) is -4.74. The van der Waals surface area contributed by atoms with Gasteiger partial charge in [-0.25, -0.2) is 0 Å². The molecule has 0 aliphatic heterocycles. The number of hydrogen-bond acceptors (Lipinski definition) is 10. The highest BCUT2D eigenvalue weighted by Crippen LogP contribution is 2.65. The number of hydrogen-bond donors (Lipinski definition) is 6. The molecule has 6 N–H and O–H groups in total. The lowest BCUT2D eigenvalue weighted by molar-refractivity contribution is -0.348. The monoisotopic (exact) mass is 1690 g/mol. The number of Topliss-reactive ketones (excluding diaryl/α,β-unsaturated/α-hetero) is 1. The van der Waals surface area contributed by atoms with Gasteiger partial charge in [-0.1, -0.05) is 192 Å². The normalized spacial score (nSPS) is 27.8. The number of benzene rings is 2. The van der Waals surface area contributed by atoms with E-state index in [1.165, 1.54) is 5.57 Å². The van der Waals surface area contributed by atoms with Crippen molar-refractivity contribution in [1.29, 1.82) is 0 Å². The topological polar surface area (TPSA) is 174 Å². The Morgan fingerprint density at radius 2 is 0.939 bits per heavy atom. The quantitative estimate of drug-likeness (QED) is 0.0243. The van der Waals surface area contributed by atoms with Crippen LogP contribution in [0.1, 0.15) is 238 Å². The average molecular weight is 1690 g/mol. The van der Waals surface area contributed by atoms with Crippen LogP contribution in [0.3, 0.4) is 0 Å². The van der Waals surface area contributed by atoms with E-state index in [1.54, 1.807) is 27.7 Å². The molecule has 6 saturated carbocycles. The Morgan fingerprint density at radius 1 is 0.530 bits per heavy atom. The number of fused-ring (bicyclic) bond motifs is 2. The van der Waals surface area contributed by atoms with Crippen LogP contribution in [0.2, 0.25) is 36.3 Å². The summed E-state index contributed by atoms with van der Waals surface area (Å²) in [7, 11) is -6.90. The Bertz CT molecular complexity index is 3740. The number of ketones is 1. The van der Waals surface area contributed by atoms with Crippen molar-refractivity contribution in [3.8, 4) is 0 Å². The van der Waals surface area contributed by atoms with Gasteiger partial charge in [0.1, 0.15) is 12.9 Å². The Kier molecular flexibility index (Phi) is 31.9. The van der Waals surface area contributed by atoms with Crippen LogP contribution in [0.25, 0.3) is 0 Å². The molecule has 2 aromatic carbocycles. The zero-order valence-electron chi connectivity index (χ0n) is 71.4. The third kappa shape index (κ3) is 24.0. The van der Waals surface area contributed by atoms with Gasteiger partial charge in [-0.05, 0) is 247 Å². The summed E-state index contributed by atoms with van der Waals surface area (Å²) < 4.78 is 187. The van der Waals surface area contributed by atoms with Gasteiger partial charge in [-0.2, -0.15) is 52.7 Å². The lowest BCUT2D eigenvalue weighted by atomic mass is 9.55. The molecule has 12 atom stereocenters. The Balaban J connectivity index is 0.000000271. The van der Waals surface area contributed by atoms with Crippen LogP contribution in [-0.2, 0) is 18.2 Å². The Labute approximate surface area is 680 Å². The smallest absolute Gasteiger partial charge is 0.413 e.